The predicted octanol–water partition coefficient (Wildman–Crippen LogP) is 4.07. The maximum Gasteiger partial charge on any atom is 0.228 e. The summed E-state index contributed by atoms with van der Waals surface area (Å²) in [6.07, 6.45) is 7.66. The molecule has 1 amide bonds. The molecular weight excluding hydrogens is 514 g/mol. The highest BCUT2D eigenvalue weighted by molar-refractivity contribution is 7.91. The van der Waals surface area contributed by atoms with Crippen LogP contribution in [0.2, 0.25) is 0 Å². The first-order chi connectivity index (χ1) is 18.8. The molecule has 0 bridgehead atoms. The highest BCUT2D eigenvalue weighted by Gasteiger charge is 2.67. The van der Waals surface area contributed by atoms with E-state index < -0.39 is 26.6 Å². The Bertz CT molecular complexity index is 1530. The molecule has 2 saturated carbocycles. The van der Waals surface area contributed by atoms with Crippen molar-refractivity contribution < 1.29 is 17.6 Å². The normalized spacial score (nSPS) is 25.5. The van der Waals surface area contributed by atoms with Crippen LogP contribution in [0.25, 0.3) is 22.7 Å². The number of hydrogen-bond donors (Lipinski definition) is 1. The van der Waals surface area contributed by atoms with Gasteiger partial charge in [-0.25, -0.2) is 13.4 Å². The number of carbonyl (C=O) groups excluding carboxylic acids is 1. The molecule has 0 spiro atoms. The van der Waals surface area contributed by atoms with Crippen LogP contribution in [0.1, 0.15) is 50.2 Å². The average Bonchev–Trinajstić information content (AvgIpc) is 3.64. The summed E-state index contributed by atoms with van der Waals surface area (Å²) >= 11 is 0. The van der Waals surface area contributed by atoms with Crippen LogP contribution in [0.15, 0.2) is 53.2 Å². The van der Waals surface area contributed by atoms with Gasteiger partial charge in [-0.05, 0) is 49.9 Å². The Balaban J connectivity index is 1.44. The lowest BCUT2D eigenvalue weighted by atomic mass is 9.56. The van der Waals surface area contributed by atoms with Gasteiger partial charge >= 0.3 is 0 Å². The third-order valence-corrected chi connectivity index (χ3v) is 10.5. The van der Waals surface area contributed by atoms with Gasteiger partial charge in [0.05, 0.1) is 34.0 Å². The summed E-state index contributed by atoms with van der Waals surface area (Å²) in [6.45, 7) is 0.920. The van der Waals surface area contributed by atoms with Gasteiger partial charge in [0, 0.05) is 42.7 Å². The number of carbonyl (C=O) groups is 1. The van der Waals surface area contributed by atoms with Gasteiger partial charge in [0.15, 0.2) is 9.84 Å². The van der Waals surface area contributed by atoms with Crippen molar-refractivity contribution in [1.29, 1.82) is 5.26 Å². The number of aromatic nitrogens is 2. The fourth-order valence-electron chi connectivity index (χ4n) is 6.60. The number of nitriles is 1. The predicted molar refractivity (Wildman–Crippen MR) is 146 cm³/mol. The van der Waals surface area contributed by atoms with Crippen molar-refractivity contribution in [3.8, 4) is 28.8 Å². The standard InChI is InChI=1S/C29H31N5O4S/c30-19-28(11-12-28)29(27(31)35)10-2-1-5-23(29)25-24(33-26(38-25)21-4-3-13-32-18-21)20-6-8-22(9-7-20)34-14-16-39(36,37)17-15-34/h3-4,6-9,13,18,23H,1-2,5,10-12,14-17H2,(H2,31,35). The minimum Gasteiger partial charge on any atom is -0.440 e. The summed E-state index contributed by atoms with van der Waals surface area (Å²) in [7, 11) is -2.97. The molecule has 0 radical (unpaired) electrons. The van der Waals surface area contributed by atoms with E-state index in [1.807, 2.05) is 36.4 Å². The Morgan fingerprint density at radius 3 is 2.44 bits per heavy atom. The SMILES string of the molecule is N#CC1(C2(C(N)=O)CCCCC2c2oc(-c3cccnc3)nc2-c2ccc(N3CCS(=O)(=O)CC3)cc2)CC1. The number of sulfone groups is 1. The van der Waals surface area contributed by atoms with Gasteiger partial charge in [-0.1, -0.05) is 25.0 Å². The largest absolute Gasteiger partial charge is 0.440 e. The summed E-state index contributed by atoms with van der Waals surface area (Å²) in [5, 5.41) is 10.2. The van der Waals surface area contributed by atoms with Crippen molar-refractivity contribution in [2.75, 3.05) is 29.5 Å². The van der Waals surface area contributed by atoms with Crippen LogP contribution >= 0.6 is 0 Å². The Morgan fingerprint density at radius 1 is 1.08 bits per heavy atom. The molecule has 2 N–H and O–H groups in total. The van der Waals surface area contributed by atoms with E-state index in [9.17, 15) is 18.5 Å². The first-order valence-electron chi connectivity index (χ1n) is 13.5. The topological polar surface area (TPSA) is 143 Å². The van der Waals surface area contributed by atoms with E-state index in [0.29, 0.717) is 56.1 Å². The molecule has 3 aromatic rings. The van der Waals surface area contributed by atoms with Gasteiger partial charge in [-0.15, -0.1) is 0 Å². The number of primary amides is 1. The van der Waals surface area contributed by atoms with Crippen molar-refractivity contribution in [3.63, 3.8) is 0 Å². The van der Waals surface area contributed by atoms with E-state index in [4.69, 9.17) is 15.1 Å². The van der Waals surface area contributed by atoms with Crippen LogP contribution in [-0.2, 0) is 14.6 Å². The third-order valence-electron chi connectivity index (χ3n) is 8.90. The highest BCUT2D eigenvalue weighted by atomic mass is 32.2. The van der Waals surface area contributed by atoms with Gasteiger partial charge in [-0.3, -0.25) is 9.78 Å². The number of rotatable bonds is 6. The van der Waals surface area contributed by atoms with Gasteiger partial charge in [-0.2, -0.15) is 5.26 Å². The molecule has 3 heterocycles. The smallest absolute Gasteiger partial charge is 0.228 e. The second-order valence-corrected chi connectivity index (χ2v) is 13.3. The first-order valence-corrected chi connectivity index (χ1v) is 15.3. The maximum absolute atomic E-state index is 13.2. The maximum atomic E-state index is 13.2. The van der Waals surface area contributed by atoms with Gasteiger partial charge < -0.3 is 15.1 Å². The molecule has 9 nitrogen and oxygen atoms in total. The first kappa shape index (κ1) is 25.6. The molecule has 2 aromatic heterocycles. The molecule has 1 aliphatic heterocycles. The van der Waals surface area contributed by atoms with Gasteiger partial charge in [0.2, 0.25) is 11.8 Å². The number of amides is 1. The van der Waals surface area contributed by atoms with Gasteiger partial charge in [0.1, 0.15) is 11.5 Å². The van der Waals surface area contributed by atoms with E-state index in [1.165, 1.54) is 0 Å². The lowest BCUT2D eigenvalue weighted by Crippen LogP contribution is -2.50. The number of anilines is 1. The Labute approximate surface area is 228 Å². The van der Waals surface area contributed by atoms with E-state index in [1.54, 1.807) is 12.4 Å². The molecule has 3 fully saturated rings. The Hall–Kier alpha value is -3.71. The van der Waals surface area contributed by atoms with Crippen LogP contribution in [0.4, 0.5) is 5.69 Å². The second kappa shape index (κ2) is 9.49. The van der Waals surface area contributed by atoms with Crippen LogP contribution in [0.5, 0.6) is 0 Å². The minimum atomic E-state index is -2.97. The molecule has 2 atom stereocenters. The van der Waals surface area contributed by atoms with Crippen LogP contribution in [0, 0.1) is 22.2 Å². The van der Waals surface area contributed by atoms with E-state index in [0.717, 1.165) is 29.7 Å². The van der Waals surface area contributed by atoms with Crippen LogP contribution in [0.3, 0.4) is 0 Å². The fourth-order valence-corrected chi connectivity index (χ4v) is 7.80. The zero-order valence-electron chi connectivity index (χ0n) is 21.7. The van der Waals surface area contributed by atoms with Crippen molar-refractivity contribution in [2.45, 2.75) is 44.4 Å². The zero-order valence-corrected chi connectivity index (χ0v) is 22.5. The molecule has 39 heavy (non-hydrogen) atoms. The highest BCUT2D eigenvalue weighted by Crippen LogP contribution is 2.68. The van der Waals surface area contributed by atoms with Crippen molar-refractivity contribution in [3.05, 3.63) is 54.6 Å². The average molecular weight is 546 g/mol. The molecule has 2 unspecified atom stereocenters. The number of benzene rings is 1. The van der Waals surface area contributed by atoms with Crippen molar-refractivity contribution in [2.24, 2.45) is 16.6 Å². The number of hydrogen-bond acceptors (Lipinski definition) is 8. The molecule has 1 saturated heterocycles. The van der Waals surface area contributed by atoms with E-state index >= 15 is 0 Å². The lowest BCUT2D eigenvalue weighted by molar-refractivity contribution is -0.135. The van der Waals surface area contributed by atoms with E-state index in [2.05, 4.69) is 16.0 Å². The second-order valence-electron chi connectivity index (χ2n) is 11.0. The monoisotopic (exact) mass is 545 g/mol. The van der Waals surface area contributed by atoms with Crippen LogP contribution in [-0.4, -0.2) is 48.9 Å². The van der Waals surface area contributed by atoms with Gasteiger partial charge in [0.25, 0.3) is 0 Å². The number of nitrogens with two attached hydrogens (primary N) is 1. The molecule has 202 valence electrons. The minimum absolute atomic E-state index is 0.147. The molecule has 1 aromatic carbocycles. The van der Waals surface area contributed by atoms with Crippen LogP contribution < -0.4 is 10.6 Å². The third kappa shape index (κ3) is 4.29. The fraction of sp³-hybridized carbons (Fsp3) is 0.448. The molecule has 6 rings (SSSR count). The molecular formula is C29H31N5O4S. The lowest BCUT2D eigenvalue weighted by Gasteiger charge is -2.44. The Kier molecular flexibility index (Phi) is 6.22. The summed E-state index contributed by atoms with van der Waals surface area (Å²) in [5.41, 5.74) is 7.47. The Morgan fingerprint density at radius 2 is 1.82 bits per heavy atom. The summed E-state index contributed by atoms with van der Waals surface area (Å²) < 4.78 is 30.2. The van der Waals surface area contributed by atoms with Crippen molar-refractivity contribution >= 4 is 21.4 Å². The number of nitrogens with zero attached hydrogens (tertiary/aromatic N) is 4. The van der Waals surface area contributed by atoms with E-state index in [-0.39, 0.29) is 17.4 Å². The molecule has 3 aliphatic rings. The summed E-state index contributed by atoms with van der Waals surface area (Å²) in [4.78, 5) is 24.4. The quantitative estimate of drug-likeness (QED) is 0.488. The zero-order chi connectivity index (χ0) is 27.3. The van der Waals surface area contributed by atoms with Crippen molar-refractivity contribution in [1.82, 2.24) is 9.97 Å². The summed E-state index contributed by atoms with van der Waals surface area (Å²) in [6, 6.07) is 14.0. The number of pyridine rings is 1. The molecule has 2 aliphatic carbocycles. The number of oxazole rings is 1. The molecule has 10 heteroatoms. The summed E-state index contributed by atoms with van der Waals surface area (Å²) in [5.74, 6) is 0.482.